The molecular weight excluding hydrogens is 330 g/mol. The number of benzene rings is 3. The molecule has 25 heavy (non-hydrogen) atoms. The predicted molar refractivity (Wildman–Crippen MR) is 109 cm³/mol. The van der Waals surface area contributed by atoms with Crippen molar-refractivity contribution in [1.29, 1.82) is 0 Å². The Morgan fingerprint density at radius 1 is 0.760 bits per heavy atom. The Bertz CT molecular complexity index is 989. The van der Waals surface area contributed by atoms with Gasteiger partial charge in [-0.25, -0.2) is 9.97 Å². The van der Waals surface area contributed by atoms with Crippen LogP contribution in [0.3, 0.4) is 0 Å². The van der Waals surface area contributed by atoms with Gasteiger partial charge in [0.15, 0.2) is 5.82 Å². The van der Waals surface area contributed by atoms with E-state index in [4.69, 9.17) is 9.97 Å². The van der Waals surface area contributed by atoms with Crippen LogP contribution in [0.2, 0.25) is 0 Å². The summed E-state index contributed by atoms with van der Waals surface area (Å²) in [5, 5.41) is 4.44. The van der Waals surface area contributed by atoms with Gasteiger partial charge in [-0.3, -0.25) is 0 Å². The first-order chi connectivity index (χ1) is 11.8. The molecule has 1 heterocycles. The summed E-state index contributed by atoms with van der Waals surface area (Å²) in [5.41, 5.74) is 4.19. The van der Waals surface area contributed by atoms with Crippen LogP contribution in [-0.2, 0) is 0 Å². The van der Waals surface area contributed by atoms with Crippen molar-refractivity contribution in [2.24, 2.45) is 0 Å². The molecule has 0 fully saturated rings. The molecule has 0 aliphatic carbocycles. The minimum absolute atomic E-state index is 0. The summed E-state index contributed by atoms with van der Waals surface area (Å²) in [6.07, 6.45) is 0. The fraction of sp³-hybridized carbons (Fsp3) is 0.0476. The van der Waals surface area contributed by atoms with Crippen molar-refractivity contribution in [3.05, 3.63) is 84.4 Å². The number of halogens is 1. The fourth-order valence-electron chi connectivity index (χ4n) is 2.66. The van der Waals surface area contributed by atoms with Crippen LogP contribution in [-0.4, -0.2) is 9.97 Å². The molecule has 1 aromatic heterocycles. The molecule has 0 saturated carbocycles. The molecular formula is C21H20ClN3. The average molecular weight is 350 g/mol. The first kappa shape index (κ1) is 16.9. The second-order valence-corrected chi connectivity index (χ2v) is 5.77. The van der Waals surface area contributed by atoms with Crippen molar-refractivity contribution < 1.29 is 1.43 Å². The summed E-state index contributed by atoms with van der Waals surface area (Å²) >= 11 is 0. The number of anilines is 2. The van der Waals surface area contributed by atoms with E-state index in [1.54, 1.807) is 0 Å². The van der Waals surface area contributed by atoms with Crippen molar-refractivity contribution in [3.8, 4) is 11.4 Å². The zero-order valence-corrected chi connectivity index (χ0v) is 14.6. The van der Waals surface area contributed by atoms with Crippen LogP contribution in [0.5, 0.6) is 0 Å². The Morgan fingerprint density at radius 2 is 1.44 bits per heavy atom. The quantitative estimate of drug-likeness (QED) is 0.491. The number of aryl methyl sites for hydroxylation is 1. The van der Waals surface area contributed by atoms with Crippen molar-refractivity contribution >= 4 is 34.8 Å². The average Bonchev–Trinajstić information content (AvgIpc) is 2.64. The van der Waals surface area contributed by atoms with E-state index in [1.165, 1.54) is 5.56 Å². The number of hydrogen-bond donors (Lipinski definition) is 1. The number of para-hydroxylation sites is 1. The molecule has 0 radical (unpaired) electrons. The third-order valence-electron chi connectivity index (χ3n) is 3.95. The highest BCUT2D eigenvalue weighted by Gasteiger charge is 2.09. The van der Waals surface area contributed by atoms with Gasteiger partial charge < -0.3 is 5.32 Å². The van der Waals surface area contributed by atoms with E-state index < -0.39 is 0 Å². The summed E-state index contributed by atoms with van der Waals surface area (Å²) in [7, 11) is 0. The molecule has 0 unspecified atom stereocenters. The van der Waals surface area contributed by atoms with Crippen molar-refractivity contribution in [1.82, 2.24) is 9.97 Å². The molecule has 4 rings (SSSR count). The molecule has 0 amide bonds. The van der Waals surface area contributed by atoms with Crippen LogP contribution < -0.4 is 5.32 Å². The van der Waals surface area contributed by atoms with E-state index >= 15 is 0 Å². The van der Waals surface area contributed by atoms with Gasteiger partial charge in [0.1, 0.15) is 5.82 Å². The van der Waals surface area contributed by atoms with E-state index in [2.05, 4.69) is 36.5 Å². The lowest BCUT2D eigenvalue weighted by molar-refractivity contribution is 1.22. The van der Waals surface area contributed by atoms with E-state index in [1.807, 2.05) is 54.6 Å². The van der Waals surface area contributed by atoms with Crippen LogP contribution >= 0.6 is 12.4 Å². The number of nitrogens with one attached hydrogen (secondary N) is 1. The third kappa shape index (κ3) is 3.62. The highest BCUT2D eigenvalue weighted by atomic mass is 35.5. The minimum Gasteiger partial charge on any atom is -0.340 e. The number of aromatic nitrogens is 2. The highest BCUT2D eigenvalue weighted by Crippen LogP contribution is 2.27. The van der Waals surface area contributed by atoms with Gasteiger partial charge >= 0.3 is 0 Å². The van der Waals surface area contributed by atoms with E-state index in [9.17, 15) is 0 Å². The Balaban J connectivity index is 0.00000121. The predicted octanol–water partition coefficient (Wildman–Crippen LogP) is 6.02. The maximum Gasteiger partial charge on any atom is 0.162 e. The summed E-state index contributed by atoms with van der Waals surface area (Å²) in [6.45, 7) is 2.08. The van der Waals surface area contributed by atoms with Gasteiger partial charge in [0.25, 0.3) is 0 Å². The standard InChI is InChI=1S/C21H17N3.ClH.H2/c1-15-11-13-17(14-12-15)22-21-18-9-5-6-10-19(18)23-20(24-21)16-7-3-2-4-8-16;;/h2-14H,1H3,(H,22,23,24);2*1H. The molecule has 0 aliphatic heterocycles. The lowest BCUT2D eigenvalue weighted by Gasteiger charge is -2.11. The first-order valence-corrected chi connectivity index (χ1v) is 7.95. The van der Waals surface area contributed by atoms with Crippen LogP contribution in [0, 0.1) is 6.92 Å². The SMILES string of the molecule is Cc1ccc(Nc2nc(-c3ccccc3)nc3ccccc23)cc1.Cl.[HH]. The molecule has 0 saturated heterocycles. The molecule has 0 spiro atoms. The maximum atomic E-state index is 4.77. The van der Waals surface area contributed by atoms with Gasteiger partial charge in [-0.1, -0.05) is 60.2 Å². The largest absolute Gasteiger partial charge is 0.340 e. The molecule has 4 heteroatoms. The summed E-state index contributed by atoms with van der Waals surface area (Å²) in [5.74, 6) is 1.55. The second kappa shape index (κ2) is 7.32. The number of hydrogen-bond acceptors (Lipinski definition) is 3. The highest BCUT2D eigenvalue weighted by molar-refractivity contribution is 5.92. The van der Waals surface area contributed by atoms with Gasteiger partial charge in [-0.05, 0) is 31.2 Å². The Kier molecular flexibility index (Phi) is 4.96. The van der Waals surface area contributed by atoms with E-state index in [0.717, 1.165) is 33.8 Å². The Labute approximate surface area is 154 Å². The van der Waals surface area contributed by atoms with Crippen molar-refractivity contribution in [3.63, 3.8) is 0 Å². The minimum atomic E-state index is 0. The zero-order chi connectivity index (χ0) is 16.4. The van der Waals surface area contributed by atoms with Gasteiger partial charge in [-0.15, -0.1) is 12.4 Å². The summed E-state index contributed by atoms with van der Waals surface area (Å²) in [4.78, 5) is 9.48. The van der Waals surface area contributed by atoms with Crippen molar-refractivity contribution in [2.75, 3.05) is 5.32 Å². The maximum absolute atomic E-state index is 4.77. The van der Waals surface area contributed by atoms with E-state index in [-0.39, 0.29) is 13.8 Å². The third-order valence-corrected chi connectivity index (χ3v) is 3.95. The molecule has 0 atom stereocenters. The smallest absolute Gasteiger partial charge is 0.162 e. The monoisotopic (exact) mass is 349 g/mol. The van der Waals surface area contributed by atoms with Gasteiger partial charge in [0, 0.05) is 18.1 Å². The van der Waals surface area contributed by atoms with Crippen LogP contribution in [0.15, 0.2) is 78.9 Å². The van der Waals surface area contributed by atoms with Gasteiger partial charge in [0.2, 0.25) is 0 Å². The van der Waals surface area contributed by atoms with Crippen LogP contribution in [0.1, 0.15) is 6.99 Å². The van der Waals surface area contributed by atoms with Crippen LogP contribution in [0.25, 0.3) is 22.3 Å². The lowest BCUT2D eigenvalue weighted by Crippen LogP contribution is -1.99. The molecule has 0 bridgehead atoms. The van der Waals surface area contributed by atoms with Crippen LogP contribution in [0.4, 0.5) is 11.5 Å². The summed E-state index contributed by atoms with van der Waals surface area (Å²) < 4.78 is 0. The van der Waals surface area contributed by atoms with Gasteiger partial charge in [0.05, 0.1) is 5.52 Å². The molecule has 126 valence electrons. The number of nitrogens with zero attached hydrogens (tertiary/aromatic N) is 2. The lowest BCUT2D eigenvalue weighted by atomic mass is 10.1. The second-order valence-electron chi connectivity index (χ2n) is 5.77. The zero-order valence-electron chi connectivity index (χ0n) is 13.8. The fourth-order valence-corrected chi connectivity index (χ4v) is 2.66. The molecule has 4 aromatic rings. The first-order valence-electron chi connectivity index (χ1n) is 7.95. The van der Waals surface area contributed by atoms with Crippen molar-refractivity contribution in [2.45, 2.75) is 6.92 Å². The molecule has 3 nitrogen and oxygen atoms in total. The summed E-state index contributed by atoms with van der Waals surface area (Å²) in [6, 6.07) is 26.4. The Morgan fingerprint density at radius 3 is 2.20 bits per heavy atom. The normalized spacial score (nSPS) is 10.3. The van der Waals surface area contributed by atoms with E-state index in [0.29, 0.717) is 0 Å². The topological polar surface area (TPSA) is 37.8 Å². The molecule has 1 N–H and O–H groups in total. The number of fused-ring (bicyclic) bond motifs is 1. The Hall–Kier alpha value is -2.91. The molecule has 0 aliphatic rings. The number of rotatable bonds is 3. The molecule has 3 aromatic carbocycles. The van der Waals surface area contributed by atoms with Gasteiger partial charge in [-0.2, -0.15) is 0 Å².